The van der Waals surface area contributed by atoms with Crippen LogP contribution in [0, 0.1) is 20.8 Å². The van der Waals surface area contributed by atoms with E-state index in [-0.39, 0.29) is 36.2 Å². The number of anilines is 2. The molecule has 0 unspecified atom stereocenters. The number of alkyl carbamates (subject to hydrolysis) is 1. The van der Waals surface area contributed by atoms with Crippen LogP contribution in [0.2, 0.25) is 0 Å². The van der Waals surface area contributed by atoms with Crippen molar-refractivity contribution in [3.8, 4) is 0 Å². The Hall–Kier alpha value is -3.49. The van der Waals surface area contributed by atoms with Gasteiger partial charge in [-0.25, -0.2) is 4.79 Å². The first-order valence-corrected chi connectivity index (χ1v) is 13.4. The van der Waals surface area contributed by atoms with Crippen molar-refractivity contribution < 1.29 is 14.3 Å². The maximum atomic E-state index is 13.2. The Kier molecular flexibility index (Phi) is 9.12. The van der Waals surface area contributed by atoms with Gasteiger partial charge in [-0.15, -0.1) is 0 Å². The zero-order chi connectivity index (χ0) is 28.2. The molecule has 38 heavy (non-hydrogen) atoms. The number of hydrogen-bond acceptors (Lipinski definition) is 6. The molecule has 1 heterocycles. The summed E-state index contributed by atoms with van der Waals surface area (Å²) in [5.74, 6) is -0.267. The van der Waals surface area contributed by atoms with Crippen molar-refractivity contribution in [2.24, 2.45) is 0 Å². The molecule has 5 N–H and O–H groups in total. The first-order valence-electron chi connectivity index (χ1n) is 13.4. The van der Waals surface area contributed by atoms with Gasteiger partial charge in [0.1, 0.15) is 5.60 Å². The molecule has 1 aliphatic rings. The molecule has 1 aromatic carbocycles. The molecular formula is C29H43N5O4. The van der Waals surface area contributed by atoms with Crippen molar-refractivity contribution in [2.75, 3.05) is 17.2 Å². The summed E-state index contributed by atoms with van der Waals surface area (Å²) in [6, 6.07) is 5.85. The number of ether oxygens (including phenoxy) is 1. The molecule has 1 aliphatic carbocycles. The highest BCUT2D eigenvalue weighted by atomic mass is 16.6. The highest BCUT2D eigenvalue weighted by Crippen LogP contribution is 2.33. The Morgan fingerprint density at radius 3 is 2.34 bits per heavy atom. The number of aromatic nitrogens is 1. The number of carbonyl (C=O) groups is 2. The van der Waals surface area contributed by atoms with Crippen LogP contribution in [0.5, 0.6) is 0 Å². The molecule has 0 saturated heterocycles. The van der Waals surface area contributed by atoms with E-state index in [4.69, 9.17) is 10.5 Å². The van der Waals surface area contributed by atoms with Gasteiger partial charge in [0.15, 0.2) is 0 Å². The average Bonchev–Trinajstić information content (AvgIpc) is 2.80. The summed E-state index contributed by atoms with van der Waals surface area (Å²) in [5.41, 5.74) is 10.5. The van der Waals surface area contributed by atoms with Crippen LogP contribution in [-0.4, -0.2) is 41.2 Å². The Morgan fingerprint density at radius 2 is 1.76 bits per heavy atom. The normalized spacial score (nSPS) is 17.6. The molecule has 2 aromatic rings. The summed E-state index contributed by atoms with van der Waals surface area (Å²) in [7, 11) is 0. The lowest BCUT2D eigenvalue weighted by Crippen LogP contribution is -2.45. The number of rotatable bonds is 7. The molecular weight excluding hydrogens is 482 g/mol. The number of hydrogen-bond donors (Lipinski definition) is 4. The van der Waals surface area contributed by atoms with E-state index >= 15 is 0 Å². The van der Waals surface area contributed by atoms with E-state index in [1.165, 1.54) is 0 Å². The monoisotopic (exact) mass is 525 g/mol. The second kappa shape index (κ2) is 11.9. The zero-order valence-electron chi connectivity index (χ0n) is 23.8. The number of aryl methyl sites for hydroxylation is 2. The van der Waals surface area contributed by atoms with E-state index in [0.717, 1.165) is 54.7 Å². The number of benzene rings is 1. The van der Waals surface area contributed by atoms with Gasteiger partial charge in [0.25, 0.3) is 11.5 Å². The Labute approximate surface area is 225 Å². The Bertz CT molecular complexity index is 1220. The van der Waals surface area contributed by atoms with Gasteiger partial charge in [-0.2, -0.15) is 0 Å². The fraction of sp³-hybridized carbons (Fsp3) is 0.552. The largest absolute Gasteiger partial charge is 0.444 e. The molecule has 1 fully saturated rings. The van der Waals surface area contributed by atoms with Gasteiger partial charge in [-0.1, -0.05) is 0 Å². The van der Waals surface area contributed by atoms with Crippen LogP contribution in [0.3, 0.4) is 0 Å². The van der Waals surface area contributed by atoms with Crippen LogP contribution in [-0.2, 0) is 11.3 Å². The molecule has 1 saturated carbocycles. The quantitative estimate of drug-likeness (QED) is 0.395. The molecule has 0 spiro atoms. The maximum Gasteiger partial charge on any atom is 0.407 e. The summed E-state index contributed by atoms with van der Waals surface area (Å²) in [5, 5.41) is 5.90. The van der Waals surface area contributed by atoms with Crippen LogP contribution >= 0.6 is 0 Å². The van der Waals surface area contributed by atoms with Crippen molar-refractivity contribution in [2.45, 2.75) is 98.4 Å². The number of nitrogen functional groups attached to an aromatic ring is 1. The fourth-order valence-corrected chi connectivity index (χ4v) is 5.25. The van der Waals surface area contributed by atoms with E-state index in [0.29, 0.717) is 16.8 Å². The number of nitrogens with one attached hydrogen (secondary N) is 3. The molecule has 9 heteroatoms. The van der Waals surface area contributed by atoms with Gasteiger partial charge in [0.05, 0.1) is 0 Å². The minimum absolute atomic E-state index is 0.0801. The van der Waals surface area contributed by atoms with Gasteiger partial charge in [0.2, 0.25) is 0 Å². The number of H-pyrrole nitrogens is 1. The number of amides is 2. The third-order valence-electron chi connectivity index (χ3n) is 7.08. The van der Waals surface area contributed by atoms with Crippen LogP contribution in [0.25, 0.3) is 0 Å². The van der Waals surface area contributed by atoms with Crippen LogP contribution < -0.4 is 26.8 Å². The van der Waals surface area contributed by atoms with Gasteiger partial charge < -0.3 is 31.0 Å². The standard InChI is InChI=1S/C29H43N5O4/c1-8-34(22-11-9-21(10-12-22)33-28(37)38-29(5,6)7)25-15-20(30)14-23(19(25)4)26(35)31-16-24-17(2)13-18(3)32-27(24)36/h13-15,21-22H,8-12,16,30H2,1-7H3,(H,31,35)(H,32,36)(H,33,37). The first kappa shape index (κ1) is 29.1. The summed E-state index contributed by atoms with van der Waals surface area (Å²) in [6.07, 6.45) is 3.12. The maximum absolute atomic E-state index is 13.2. The predicted molar refractivity (Wildman–Crippen MR) is 152 cm³/mol. The molecule has 3 rings (SSSR count). The highest BCUT2D eigenvalue weighted by Gasteiger charge is 2.29. The summed E-state index contributed by atoms with van der Waals surface area (Å²) in [6.45, 7) is 14.2. The Balaban J connectivity index is 1.71. The first-order chi connectivity index (χ1) is 17.8. The van der Waals surface area contributed by atoms with E-state index in [1.807, 2.05) is 53.7 Å². The SMILES string of the molecule is CCN(c1cc(N)cc(C(=O)NCc2c(C)cc(C)[nH]c2=O)c1C)C1CCC(NC(=O)OC(C)(C)C)CC1. The molecule has 2 amide bonds. The minimum atomic E-state index is -0.524. The smallest absolute Gasteiger partial charge is 0.407 e. The van der Waals surface area contributed by atoms with E-state index in [1.54, 1.807) is 6.07 Å². The van der Waals surface area contributed by atoms with Crippen molar-refractivity contribution in [1.29, 1.82) is 0 Å². The third kappa shape index (κ3) is 7.30. The van der Waals surface area contributed by atoms with Gasteiger partial charge in [-0.3, -0.25) is 9.59 Å². The van der Waals surface area contributed by atoms with Crippen molar-refractivity contribution in [3.05, 3.63) is 56.5 Å². The van der Waals surface area contributed by atoms with Gasteiger partial charge in [0, 0.05) is 53.4 Å². The number of nitrogens with two attached hydrogens (primary N) is 1. The lowest BCUT2D eigenvalue weighted by molar-refractivity contribution is 0.0491. The summed E-state index contributed by atoms with van der Waals surface area (Å²) < 4.78 is 5.40. The van der Waals surface area contributed by atoms with E-state index in [9.17, 15) is 14.4 Å². The van der Waals surface area contributed by atoms with Crippen LogP contribution in [0.4, 0.5) is 16.2 Å². The zero-order valence-corrected chi connectivity index (χ0v) is 23.8. The second-order valence-corrected chi connectivity index (χ2v) is 11.3. The Morgan fingerprint density at radius 1 is 1.11 bits per heavy atom. The van der Waals surface area contributed by atoms with E-state index < -0.39 is 5.60 Å². The third-order valence-corrected chi connectivity index (χ3v) is 7.08. The summed E-state index contributed by atoms with van der Waals surface area (Å²) in [4.78, 5) is 42.9. The van der Waals surface area contributed by atoms with Crippen molar-refractivity contribution in [1.82, 2.24) is 15.6 Å². The van der Waals surface area contributed by atoms with Crippen molar-refractivity contribution in [3.63, 3.8) is 0 Å². The number of pyridine rings is 1. The van der Waals surface area contributed by atoms with Gasteiger partial charge >= 0.3 is 6.09 Å². The highest BCUT2D eigenvalue weighted by molar-refractivity contribution is 5.98. The molecule has 1 aromatic heterocycles. The topological polar surface area (TPSA) is 130 Å². The van der Waals surface area contributed by atoms with Crippen molar-refractivity contribution >= 4 is 23.4 Å². The van der Waals surface area contributed by atoms with Gasteiger partial charge in [-0.05, 0) is 103 Å². The molecule has 0 aliphatic heterocycles. The number of aromatic amines is 1. The second-order valence-electron chi connectivity index (χ2n) is 11.3. The van der Waals surface area contributed by atoms with E-state index in [2.05, 4.69) is 27.4 Å². The number of nitrogens with zero attached hydrogens (tertiary/aromatic N) is 1. The molecule has 0 bridgehead atoms. The molecule has 9 nitrogen and oxygen atoms in total. The van der Waals surface area contributed by atoms with Crippen LogP contribution in [0.1, 0.15) is 86.1 Å². The lowest BCUT2D eigenvalue weighted by atomic mass is 9.89. The molecule has 0 atom stereocenters. The summed E-state index contributed by atoms with van der Waals surface area (Å²) >= 11 is 0. The average molecular weight is 526 g/mol. The number of carbonyl (C=O) groups excluding carboxylic acids is 2. The lowest BCUT2D eigenvalue weighted by Gasteiger charge is -2.39. The molecule has 0 radical (unpaired) electrons. The fourth-order valence-electron chi connectivity index (χ4n) is 5.25. The predicted octanol–water partition coefficient (Wildman–Crippen LogP) is 4.47. The minimum Gasteiger partial charge on any atom is -0.444 e. The molecule has 208 valence electrons. The van der Waals surface area contributed by atoms with Crippen LogP contribution in [0.15, 0.2) is 23.0 Å².